The van der Waals surface area contributed by atoms with Crippen LogP contribution in [0.4, 0.5) is 8.78 Å². The molecule has 2 N–H and O–H groups in total. The summed E-state index contributed by atoms with van der Waals surface area (Å²) < 4.78 is 27.1. The molecule has 1 saturated heterocycles. The first-order chi connectivity index (χ1) is 8.54. The molecule has 1 aromatic carbocycles. The molecule has 5 heteroatoms. The summed E-state index contributed by atoms with van der Waals surface area (Å²) in [5.41, 5.74) is 1.01. The average molecular weight is 257 g/mol. The molecule has 0 amide bonds. The predicted octanol–water partition coefficient (Wildman–Crippen LogP) is 1.11. The van der Waals surface area contributed by atoms with Crippen molar-refractivity contribution >= 4 is 0 Å². The van der Waals surface area contributed by atoms with Crippen molar-refractivity contribution in [2.75, 3.05) is 19.7 Å². The molecule has 1 aromatic rings. The van der Waals surface area contributed by atoms with Crippen LogP contribution in [0.25, 0.3) is 0 Å². The van der Waals surface area contributed by atoms with Gasteiger partial charge >= 0.3 is 0 Å². The van der Waals surface area contributed by atoms with Crippen LogP contribution in [0, 0.1) is 5.92 Å². The number of benzene rings is 1. The Morgan fingerprint density at radius 3 is 2.50 bits per heavy atom. The number of piperidine rings is 1. The van der Waals surface area contributed by atoms with Crippen LogP contribution in [0.15, 0.2) is 30.3 Å². The SMILES string of the molecule is OC[C@@H]1CN(Cc2ccccc2)C[C@H](O)C1(F)F. The Bertz CT molecular complexity index is 386. The highest BCUT2D eigenvalue weighted by molar-refractivity contribution is 5.14. The number of aliphatic hydroxyl groups excluding tert-OH is 2. The van der Waals surface area contributed by atoms with Crippen LogP contribution in [0.3, 0.4) is 0 Å². The van der Waals surface area contributed by atoms with E-state index in [1.165, 1.54) is 0 Å². The number of hydrogen-bond donors (Lipinski definition) is 2. The van der Waals surface area contributed by atoms with Gasteiger partial charge in [-0.25, -0.2) is 8.78 Å². The average Bonchev–Trinajstić information content (AvgIpc) is 2.35. The summed E-state index contributed by atoms with van der Waals surface area (Å²) in [5, 5.41) is 18.5. The summed E-state index contributed by atoms with van der Waals surface area (Å²) >= 11 is 0. The molecule has 0 bridgehead atoms. The summed E-state index contributed by atoms with van der Waals surface area (Å²) in [7, 11) is 0. The highest BCUT2D eigenvalue weighted by Crippen LogP contribution is 2.33. The summed E-state index contributed by atoms with van der Waals surface area (Å²) in [6.45, 7) is -0.0896. The number of halogens is 2. The normalized spacial score (nSPS) is 28.2. The molecule has 3 nitrogen and oxygen atoms in total. The number of alkyl halides is 2. The fourth-order valence-electron chi connectivity index (χ4n) is 2.30. The molecule has 1 aliphatic heterocycles. The largest absolute Gasteiger partial charge is 0.396 e. The molecule has 100 valence electrons. The summed E-state index contributed by atoms with van der Waals surface area (Å²) in [6.07, 6.45) is -1.72. The summed E-state index contributed by atoms with van der Waals surface area (Å²) in [5.74, 6) is -4.41. The Morgan fingerprint density at radius 1 is 1.22 bits per heavy atom. The minimum atomic E-state index is -3.21. The van der Waals surface area contributed by atoms with E-state index in [1.807, 2.05) is 30.3 Å². The maximum atomic E-state index is 13.5. The molecule has 1 aliphatic rings. The molecule has 0 aromatic heterocycles. The third kappa shape index (κ3) is 2.68. The second-order valence-corrected chi connectivity index (χ2v) is 4.75. The Morgan fingerprint density at radius 2 is 1.89 bits per heavy atom. The van der Waals surface area contributed by atoms with Crippen LogP contribution in [-0.2, 0) is 6.54 Å². The standard InChI is InChI=1S/C13H17F2NO2/c14-13(15)11(9-17)7-16(8-12(13)18)6-10-4-2-1-3-5-10/h1-5,11-12,17-18H,6-9H2/t11-,12-/m0/s1. The lowest BCUT2D eigenvalue weighted by atomic mass is 9.91. The fourth-order valence-corrected chi connectivity index (χ4v) is 2.30. The second-order valence-electron chi connectivity index (χ2n) is 4.75. The van der Waals surface area contributed by atoms with E-state index in [9.17, 15) is 13.9 Å². The van der Waals surface area contributed by atoms with Crippen molar-refractivity contribution in [1.29, 1.82) is 0 Å². The van der Waals surface area contributed by atoms with Gasteiger partial charge in [-0.15, -0.1) is 0 Å². The predicted molar refractivity (Wildman–Crippen MR) is 63.2 cm³/mol. The van der Waals surface area contributed by atoms with E-state index < -0.39 is 24.6 Å². The highest BCUT2D eigenvalue weighted by Gasteiger charge is 2.50. The van der Waals surface area contributed by atoms with E-state index in [-0.39, 0.29) is 13.1 Å². The number of hydrogen-bond acceptors (Lipinski definition) is 3. The van der Waals surface area contributed by atoms with Gasteiger partial charge in [0.2, 0.25) is 0 Å². The van der Waals surface area contributed by atoms with Crippen LogP contribution < -0.4 is 0 Å². The number of rotatable bonds is 3. The first-order valence-corrected chi connectivity index (χ1v) is 5.97. The molecule has 1 heterocycles. The number of likely N-dealkylation sites (tertiary alicyclic amines) is 1. The van der Waals surface area contributed by atoms with Gasteiger partial charge in [0, 0.05) is 19.6 Å². The van der Waals surface area contributed by atoms with Crippen molar-refractivity contribution in [3.8, 4) is 0 Å². The van der Waals surface area contributed by atoms with Gasteiger partial charge in [-0.2, -0.15) is 0 Å². The van der Waals surface area contributed by atoms with Crippen LogP contribution in [0.5, 0.6) is 0 Å². The van der Waals surface area contributed by atoms with Crippen molar-refractivity contribution in [1.82, 2.24) is 4.90 Å². The minimum absolute atomic E-state index is 0.0710. The zero-order chi connectivity index (χ0) is 13.2. The van der Waals surface area contributed by atoms with Crippen molar-refractivity contribution in [3.63, 3.8) is 0 Å². The van der Waals surface area contributed by atoms with E-state index in [0.29, 0.717) is 6.54 Å². The smallest absolute Gasteiger partial charge is 0.280 e. The van der Waals surface area contributed by atoms with E-state index in [0.717, 1.165) is 5.56 Å². The molecular formula is C13H17F2NO2. The van der Waals surface area contributed by atoms with Crippen LogP contribution >= 0.6 is 0 Å². The highest BCUT2D eigenvalue weighted by atomic mass is 19.3. The molecular weight excluding hydrogens is 240 g/mol. The molecule has 2 atom stereocenters. The quantitative estimate of drug-likeness (QED) is 0.852. The number of nitrogens with zero attached hydrogens (tertiary/aromatic N) is 1. The maximum absolute atomic E-state index is 13.5. The van der Waals surface area contributed by atoms with Gasteiger partial charge in [0.05, 0.1) is 12.5 Å². The van der Waals surface area contributed by atoms with Gasteiger partial charge in [-0.1, -0.05) is 30.3 Å². The Hall–Kier alpha value is -1.04. The molecule has 0 unspecified atom stereocenters. The summed E-state index contributed by atoms with van der Waals surface area (Å²) in [4.78, 5) is 1.75. The lowest BCUT2D eigenvalue weighted by molar-refractivity contribution is -0.193. The first kappa shape index (κ1) is 13.4. The van der Waals surface area contributed by atoms with Gasteiger partial charge in [0.25, 0.3) is 5.92 Å². The van der Waals surface area contributed by atoms with Crippen LogP contribution in [0.1, 0.15) is 5.56 Å². The van der Waals surface area contributed by atoms with Crippen molar-refractivity contribution in [3.05, 3.63) is 35.9 Å². The number of aliphatic hydroxyl groups is 2. The topological polar surface area (TPSA) is 43.7 Å². The minimum Gasteiger partial charge on any atom is -0.396 e. The first-order valence-electron chi connectivity index (χ1n) is 5.97. The lowest BCUT2D eigenvalue weighted by Gasteiger charge is -2.40. The lowest BCUT2D eigenvalue weighted by Crippen LogP contribution is -2.57. The molecule has 2 rings (SSSR count). The third-order valence-electron chi connectivity index (χ3n) is 3.37. The Labute approximate surface area is 105 Å². The third-order valence-corrected chi connectivity index (χ3v) is 3.37. The number of β-amino-alcohol motifs (C(OH)–C–C–N with tert-alkyl or cyclic N) is 1. The van der Waals surface area contributed by atoms with Crippen molar-refractivity contribution in [2.24, 2.45) is 5.92 Å². The van der Waals surface area contributed by atoms with Gasteiger partial charge in [-0.05, 0) is 5.56 Å². The van der Waals surface area contributed by atoms with E-state index in [4.69, 9.17) is 5.11 Å². The fraction of sp³-hybridized carbons (Fsp3) is 0.538. The van der Waals surface area contributed by atoms with Crippen LogP contribution in [0.2, 0.25) is 0 Å². The van der Waals surface area contributed by atoms with E-state index in [1.54, 1.807) is 4.90 Å². The van der Waals surface area contributed by atoms with Gasteiger partial charge in [-0.3, -0.25) is 4.90 Å². The Balaban J connectivity index is 2.04. The molecule has 0 radical (unpaired) electrons. The van der Waals surface area contributed by atoms with Gasteiger partial charge in [0.1, 0.15) is 6.10 Å². The zero-order valence-corrected chi connectivity index (χ0v) is 9.97. The molecule has 0 spiro atoms. The van der Waals surface area contributed by atoms with Gasteiger partial charge < -0.3 is 10.2 Å². The zero-order valence-electron chi connectivity index (χ0n) is 9.97. The Kier molecular flexibility index (Phi) is 3.94. The van der Waals surface area contributed by atoms with Gasteiger partial charge in [0.15, 0.2) is 0 Å². The maximum Gasteiger partial charge on any atom is 0.280 e. The van der Waals surface area contributed by atoms with E-state index in [2.05, 4.69) is 0 Å². The summed E-state index contributed by atoms with van der Waals surface area (Å²) in [6, 6.07) is 9.47. The monoisotopic (exact) mass is 257 g/mol. The van der Waals surface area contributed by atoms with Crippen molar-refractivity contribution < 1.29 is 19.0 Å². The molecule has 0 saturated carbocycles. The van der Waals surface area contributed by atoms with Crippen LogP contribution in [-0.4, -0.2) is 46.8 Å². The van der Waals surface area contributed by atoms with E-state index >= 15 is 0 Å². The second kappa shape index (κ2) is 5.30. The molecule has 1 fully saturated rings. The molecule has 18 heavy (non-hydrogen) atoms. The van der Waals surface area contributed by atoms with Crippen molar-refractivity contribution in [2.45, 2.75) is 18.6 Å². The molecule has 0 aliphatic carbocycles.